The molecule has 0 atom stereocenters. The van der Waals surface area contributed by atoms with Crippen molar-refractivity contribution in [3.63, 3.8) is 0 Å². The molecule has 0 fully saturated rings. The van der Waals surface area contributed by atoms with E-state index in [9.17, 15) is 0 Å². The zero-order chi connectivity index (χ0) is 6.95. The van der Waals surface area contributed by atoms with Crippen LogP contribution in [-0.4, -0.2) is 23.0 Å². The van der Waals surface area contributed by atoms with E-state index in [0.717, 1.165) is 0 Å². The first-order chi connectivity index (χ1) is 4.41. The van der Waals surface area contributed by atoms with E-state index in [2.05, 4.69) is 17.0 Å². The number of hydrogen-bond acceptors (Lipinski definition) is 0. The Kier molecular flexibility index (Phi) is 9.09. The van der Waals surface area contributed by atoms with Crippen molar-refractivity contribution in [1.82, 2.24) is 0 Å². The van der Waals surface area contributed by atoms with E-state index in [0.29, 0.717) is 0 Å². The Bertz CT molecular complexity index is 67.0. The van der Waals surface area contributed by atoms with Crippen LogP contribution in [0.2, 0.25) is 0 Å². The van der Waals surface area contributed by atoms with Gasteiger partial charge in [-0.3, -0.25) is 0 Å². The van der Waals surface area contributed by atoms with Gasteiger partial charge in [0.2, 0.25) is 0 Å². The minimum atomic E-state index is 1.29. The number of hydrogen-bond donors (Lipinski definition) is 0. The van der Waals surface area contributed by atoms with Gasteiger partial charge in [0.15, 0.2) is 0 Å². The zero-order valence-electron chi connectivity index (χ0n) is 6.14. The second-order valence-corrected chi connectivity index (χ2v) is 3.09. The van der Waals surface area contributed by atoms with E-state index in [1.54, 1.807) is 23.0 Å². The summed E-state index contributed by atoms with van der Waals surface area (Å²) in [6.07, 6.45) is 9.10. The monoisotopic (exact) mass is 232 g/mol. The molecule has 0 spiro atoms. The molecule has 0 heterocycles. The van der Waals surface area contributed by atoms with Crippen molar-refractivity contribution >= 4 is 23.0 Å². The average Bonchev–Trinajstić information content (AvgIpc) is 1.89. The normalized spacial score (nSPS) is 10.9. The molecule has 0 aromatic heterocycles. The summed E-state index contributed by atoms with van der Waals surface area (Å²) >= 11 is 1.78. The molecule has 0 saturated carbocycles. The minimum absolute atomic E-state index is 1.29. The van der Waals surface area contributed by atoms with Crippen LogP contribution in [0.25, 0.3) is 0 Å². The van der Waals surface area contributed by atoms with Crippen molar-refractivity contribution in [2.45, 2.75) is 39.0 Å². The van der Waals surface area contributed by atoms with Crippen LogP contribution in [0.15, 0.2) is 10.1 Å². The van der Waals surface area contributed by atoms with Crippen molar-refractivity contribution in [2.24, 2.45) is 0 Å². The van der Waals surface area contributed by atoms with Gasteiger partial charge in [0, 0.05) is 0 Å². The van der Waals surface area contributed by atoms with Crippen molar-refractivity contribution < 1.29 is 0 Å². The van der Waals surface area contributed by atoms with E-state index in [1.165, 1.54) is 32.1 Å². The maximum absolute atomic E-state index is 2.27. The number of allylic oxidation sites excluding steroid dienone is 1. The second-order valence-electron chi connectivity index (χ2n) is 2.23. The Morgan fingerprint density at radius 1 is 1.22 bits per heavy atom. The fourth-order valence-electron chi connectivity index (χ4n) is 0.764. The molecule has 0 aliphatic heterocycles. The predicted octanol–water partition coefficient (Wildman–Crippen LogP) is 2.64. The van der Waals surface area contributed by atoms with Crippen LogP contribution >= 0.6 is 0 Å². The van der Waals surface area contributed by atoms with Crippen molar-refractivity contribution in [2.75, 3.05) is 0 Å². The Balaban J connectivity index is 2.75. The van der Waals surface area contributed by atoms with Gasteiger partial charge >= 0.3 is 72.1 Å². The Labute approximate surface area is 72.2 Å². The molecule has 0 aromatic rings. The summed E-state index contributed by atoms with van der Waals surface area (Å²) in [5.41, 5.74) is 0. The molecule has 0 aliphatic carbocycles. The third-order valence-corrected chi connectivity index (χ3v) is 1.93. The van der Waals surface area contributed by atoms with E-state index < -0.39 is 0 Å². The molecule has 0 amide bonds. The van der Waals surface area contributed by atoms with Gasteiger partial charge in [-0.2, -0.15) is 0 Å². The quantitative estimate of drug-likeness (QED) is 0.505. The van der Waals surface area contributed by atoms with Crippen molar-refractivity contribution in [1.29, 1.82) is 0 Å². The Morgan fingerprint density at radius 2 is 2.00 bits per heavy atom. The van der Waals surface area contributed by atoms with Crippen LogP contribution in [0.3, 0.4) is 0 Å². The molecule has 1 heteroatoms. The first-order valence-electron chi connectivity index (χ1n) is 3.71. The zero-order valence-corrected chi connectivity index (χ0v) is 8.69. The Hall–Kier alpha value is 0.558. The average molecular weight is 233 g/mol. The molecule has 2 radical (unpaired) electrons. The summed E-state index contributed by atoms with van der Waals surface area (Å²) in [7, 11) is 0. The van der Waals surface area contributed by atoms with Gasteiger partial charge in [-0.1, -0.05) is 0 Å². The summed E-state index contributed by atoms with van der Waals surface area (Å²) in [4.78, 5) is 0. The molecule has 52 valence electrons. The molecular formula is C8H15Sb. The Morgan fingerprint density at radius 3 is 2.56 bits per heavy atom. The third-order valence-electron chi connectivity index (χ3n) is 1.33. The maximum atomic E-state index is 2.27. The molecule has 0 N–H and O–H groups in total. The van der Waals surface area contributed by atoms with Crippen LogP contribution < -0.4 is 0 Å². The van der Waals surface area contributed by atoms with Crippen LogP contribution in [0.1, 0.15) is 39.0 Å². The predicted molar refractivity (Wildman–Crippen MR) is 43.7 cm³/mol. The van der Waals surface area contributed by atoms with Gasteiger partial charge < -0.3 is 0 Å². The van der Waals surface area contributed by atoms with Gasteiger partial charge in [0.1, 0.15) is 0 Å². The first-order valence-corrected chi connectivity index (χ1v) is 5.18. The van der Waals surface area contributed by atoms with E-state index in [4.69, 9.17) is 0 Å². The molecule has 0 rings (SSSR count). The van der Waals surface area contributed by atoms with Gasteiger partial charge in [-0.15, -0.1) is 0 Å². The molecular weight excluding hydrogens is 218 g/mol. The fraction of sp³-hybridized carbons (Fsp3) is 0.750. The first kappa shape index (κ1) is 9.56. The number of rotatable bonds is 5. The standard InChI is InChI=1S/C8H15.Sb/c1-3-5-7-8-6-4-2;/h1,3H,4-8H2,2H3;. The number of unbranched alkanes of at least 4 members (excludes halogenated alkanes) is 4. The summed E-state index contributed by atoms with van der Waals surface area (Å²) in [5.74, 6) is 0. The summed E-state index contributed by atoms with van der Waals surface area (Å²) in [6, 6.07) is 0. The molecule has 0 aliphatic rings. The summed E-state index contributed by atoms with van der Waals surface area (Å²) < 4.78 is 2.18. The van der Waals surface area contributed by atoms with E-state index >= 15 is 0 Å². The second kappa shape index (κ2) is 8.56. The molecule has 0 unspecified atom stereocenters. The SMILES string of the molecule is CCCCCC/C=[CH]/[Sb]. The molecule has 0 bridgehead atoms. The van der Waals surface area contributed by atoms with Crippen molar-refractivity contribution in [3.8, 4) is 0 Å². The van der Waals surface area contributed by atoms with Crippen molar-refractivity contribution in [3.05, 3.63) is 10.1 Å². The fourth-order valence-corrected chi connectivity index (χ4v) is 1.19. The van der Waals surface area contributed by atoms with Crippen LogP contribution in [0.5, 0.6) is 0 Å². The molecule has 9 heavy (non-hydrogen) atoms. The molecule has 0 saturated heterocycles. The van der Waals surface area contributed by atoms with E-state index in [-0.39, 0.29) is 0 Å². The topological polar surface area (TPSA) is 0 Å². The van der Waals surface area contributed by atoms with Gasteiger partial charge in [-0.25, -0.2) is 0 Å². The van der Waals surface area contributed by atoms with Gasteiger partial charge in [-0.05, 0) is 0 Å². The van der Waals surface area contributed by atoms with Crippen LogP contribution in [0.4, 0.5) is 0 Å². The summed E-state index contributed by atoms with van der Waals surface area (Å²) in [5, 5.41) is 0. The van der Waals surface area contributed by atoms with Gasteiger partial charge in [0.05, 0.1) is 0 Å². The van der Waals surface area contributed by atoms with Gasteiger partial charge in [0.25, 0.3) is 0 Å². The molecule has 0 nitrogen and oxygen atoms in total. The molecule has 0 aromatic carbocycles. The van der Waals surface area contributed by atoms with Crippen LogP contribution in [0, 0.1) is 0 Å². The van der Waals surface area contributed by atoms with Crippen LogP contribution in [-0.2, 0) is 0 Å². The third kappa shape index (κ3) is 8.56. The summed E-state index contributed by atoms with van der Waals surface area (Å²) in [6.45, 7) is 2.25. The van der Waals surface area contributed by atoms with E-state index in [1.807, 2.05) is 0 Å².